The summed E-state index contributed by atoms with van der Waals surface area (Å²) in [5.74, 6) is 0.465. The number of rotatable bonds is 5. The van der Waals surface area contributed by atoms with Crippen LogP contribution in [-0.2, 0) is 16.1 Å². The molecule has 0 spiro atoms. The Morgan fingerprint density at radius 2 is 1.96 bits per heavy atom. The lowest BCUT2D eigenvalue weighted by molar-refractivity contribution is -0.129. The van der Waals surface area contributed by atoms with E-state index in [2.05, 4.69) is 27.9 Å². The number of esters is 1. The van der Waals surface area contributed by atoms with Gasteiger partial charge in [0.15, 0.2) is 17.6 Å². The van der Waals surface area contributed by atoms with Crippen LogP contribution in [0.2, 0.25) is 0 Å². The van der Waals surface area contributed by atoms with E-state index in [1.807, 2.05) is 24.3 Å². The molecular formula is C18H16INO5. The molecule has 25 heavy (non-hydrogen) atoms. The Kier molecular flexibility index (Phi) is 5.42. The second-order valence-corrected chi connectivity index (χ2v) is 6.59. The lowest BCUT2D eigenvalue weighted by Crippen LogP contribution is -2.35. The van der Waals surface area contributed by atoms with Crippen molar-refractivity contribution in [1.29, 1.82) is 0 Å². The van der Waals surface area contributed by atoms with Gasteiger partial charge in [0.25, 0.3) is 5.91 Å². The van der Waals surface area contributed by atoms with Crippen molar-refractivity contribution < 1.29 is 23.8 Å². The fraction of sp³-hybridized carbons (Fsp3) is 0.222. The molecule has 1 heterocycles. The summed E-state index contributed by atoms with van der Waals surface area (Å²) >= 11 is 2.05. The minimum Gasteiger partial charge on any atom is -0.454 e. The fourth-order valence-corrected chi connectivity index (χ4v) is 2.90. The molecule has 1 N–H and O–H groups in total. The molecule has 1 amide bonds. The van der Waals surface area contributed by atoms with E-state index in [0.29, 0.717) is 23.6 Å². The van der Waals surface area contributed by atoms with Crippen LogP contribution in [0.5, 0.6) is 11.5 Å². The second-order valence-electron chi connectivity index (χ2n) is 5.43. The van der Waals surface area contributed by atoms with Gasteiger partial charge >= 0.3 is 5.97 Å². The van der Waals surface area contributed by atoms with E-state index in [1.165, 1.54) is 0 Å². The highest BCUT2D eigenvalue weighted by Gasteiger charge is 2.20. The quantitative estimate of drug-likeness (QED) is 0.557. The van der Waals surface area contributed by atoms with E-state index in [0.717, 1.165) is 9.13 Å². The minimum absolute atomic E-state index is 0.205. The summed E-state index contributed by atoms with van der Waals surface area (Å²) < 4.78 is 16.6. The molecule has 3 rings (SSSR count). The first kappa shape index (κ1) is 17.5. The molecule has 0 aliphatic carbocycles. The van der Waals surface area contributed by atoms with Crippen molar-refractivity contribution in [3.05, 3.63) is 57.2 Å². The number of hydrogen-bond donors (Lipinski definition) is 1. The summed E-state index contributed by atoms with van der Waals surface area (Å²) in [5.41, 5.74) is 1.31. The lowest BCUT2D eigenvalue weighted by Gasteiger charge is -2.14. The van der Waals surface area contributed by atoms with Crippen molar-refractivity contribution in [3.8, 4) is 11.5 Å². The Labute approximate surface area is 158 Å². The van der Waals surface area contributed by atoms with Crippen LogP contribution in [0, 0.1) is 3.57 Å². The Balaban J connectivity index is 1.54. The van der Waals surface area contributed by atoms with E-state index in [1.54, 1.807) is 25.1 Å². The molecule has 1 atom stereocenters. The van der Waals surface area contributed by atoms with Crippen LogP contribution < -0.4 is 14.8 Å². The molecule has 130 valence electrons. The molecular weight excluding hydrogens is 437 g/mol. The molecule has 0 aromatic heterocycles. The highest BCUT2D eigenvalue weighted by Crippen LogP contribution is 2.32. The number of amides is 1. The van der Waals surface area contributed by atoms with Crippen LogP contribution in [0.1, 0.15) is 22.8 Å². The third-order valence-corrected chi connectivity index (χ3v) is 4.59. The van der Waals surface area contributed by atoms with Gasteiger partial charge in [-0.1, -0.05) is 18.2 Å². The van der Waals surface area contributed by atoms with Gasteiger partial charge in [-0.15, -0.1) is 0 Å². The molecule has 6 nitrogen and oxygen atoms in total. The first-order valence-electron chi connectivity index (χ1n) is 7.66. The molecule has 2 aromatic rings. The Morgan fingerprint density at radius 1 is 1.20 bits per heavy atom. The third kappa shape index (κ3) is 4.22. The standard InChI is InChI=1S/C18H16INO5/c1-11(25-18(22)13-4-2-3-5-14(13)19)17(21)20-9-12-6-7-15-16(8-12)24-10-23-15/h2-8,11H,9-10H2,1H3,(H,20,21). The summed E-state index contributed by atoms with van der Waals surface area (Å²) in [4.78, 5) is 24.3. The van der Waals surface area contributed by atoms with Crippen molar-refractivity contribution in [1.82, 2.24) is 5.32 Å². The minimum atomic E-state index is -0.891. The van der Waals surface area contributed by atoms with Gasteiger partial charge in [-0.3, -0.25) is 4.79 Å². The molecule has 0 fully saturated rings. The molecule has 0 saturated carbocycles. The smallest absolute Gasteiger partial charge is 0.339 e. The first-order valence-corrected chi connectivity index (χ1v) is 8.74. The van der Waals surface area contributed by atoms with Crippen LogP contribution in [-0.4, -0.2) is 24.8 Å². The summed E-state index contributed by atoms with van der Waals surface area (Å²) in [6, 6.07) is 12.5. The molecule has 0 bridgehead atoms. The number of fused-ring (bicyclic) bond motifs is 1. The second kappa shape index (κ2) is 7.73. The Hall–Kier alpha value is -2.29. The van der Waals surface area contributed by atoms with Gasteiger partial charge in [0.2, 0.25) is 6.79 Å². The van der Waals surface area contributed by atoms with Crippen LogP contribution in [0.15, 0.2) is 42.5 Å². The Morgan fingerprint density at radius 3 is 2.76 bits per heavy atom. The summed E-state index contributed by atoms with van der Waals surface area (Å²) in [7, 11) is 0. The van der Waals surface area contributed by atoms with Gasteiger partial charge in [-0.25, -0.2) is 4.79 Å². The first-order chi connectivity index (χ1) is 12.0. The number of carbonyl (C=O) groups is 2. The van der Waals surface area contributed by atoms with Crippen LogP contribution in [0.4, 0.5) is 0 Å². The van der Waals surface area contributed by atoms with Crippen molar-refractivity contribution in [2.75, 3.05) is 6.79 Å². The lowest BCUT2D eigenvalue weighted by atomic mass is 10.2. The topological polar surface area (TPSA) is 73.9 Å². The van der Waals surface area contributed by atoms with E-state index >= 15 is 0 Å². The Bertz CT molecular complexity index is 808. The van der Waals surface area contributed by atoms with E-state index < -0.39 is 12.1 Å². The van der Waals surface area contributed by atoms with Crippen LogP contribution in [0.25, 0.3) is 0 Å². The summed E-state index contributed by atoms with van der Waals surface area (Å²) in [5, 5.41) is 2.75. The number of nitrogens with one attached hydrogen (secondary N) is 1. The molecule has 0 radical (unpaired) electrons. The van der Waals surface area contributed by atoms with Gasteiger partial charge in [0, 0.05) is 10.1 Å². The maximum Gasteiger partial charge on any atom is 0.339 e. The van der Waals surface area contributed by atoms with Crippen LogP contribution >= 0.6 is 22.6 Å². The fourth-order valence-electron chi connectivity index (χ4n) is 2.29. The van der Waals surface area contributed by atoms with Gasteiger partial charge in [0.05, 0.1) is 5.56 Å². The zero-order valence-electron chi connectivity index (χ0n) is 13.5. The SMILES string of the molecule is CC(OC(=O)c1ccccc1I)C(=O)NCc1ccc2c(c1)OCO2. The summed E-state index contributed by atoms with van der Waals surface area (Å²) in [6.07, 6.45) is -0.891. The monoisotopic (exact) mass is 453 g/mol. The maximum atomic E-state index is 12.2. The van der Waals surface area contributed by atoms with E-state index in [9.17, 15) is 9.59 Å². The molecule has 1 aliphatic heterocycles. The number of benzene rings is 2. The van der Waals surface area contributed by atoms with Gasteiger partial charge < -0.3 is 19.5 Å². The molecule has 2 aromatic carbocycles. The third-order valence-electron chi connectivity index (χ3n) is 3.65. The average molecular weight is 453 g/mol. The van der Waals surface area contributed by atoms with Crippen molar-refractivity contribution in [2.24, 2.45) is 0 Å². The highest BCUT2D eigenvalue weighted by molar-refractivity contribution is 14.1. The zero-order chi connectivity index (χ0) is 17.8. The number of halogens is 1. The normalized spacial score (nSPS) is 13.2. The van der Waals surface area contributed by atoms with Gasteiger partial charge in [0.1, 0.15) is 0 Å². The predicted octanol–water partition coefficient (Wildman–Crippen LogP) is 2.88. The van der Waals surface area contributed by atoms with Gasteiger partial charge in [-0.2, -0.15) is 0 Å². The number of carbonyl (C=O) groups excluding carboxylic acids is 2. The molecule has 7 heteroatoms. The zero-order valence-corrected chi connectivity index (χ0v) is 15.6. The number of hydrogen-bond acceptors (Lipinski definition) is 5. The molecule has 0 saturated heterocycles. The van der Waals surface area contributed by atoms with Crippen molar-refractivity contribution >= 4 is 34.5 Å². The highest BCUT2D eigenvalue weighted by atomic mass is 127. The molecule has 1 unspecified atom stereocenters. The maximum absolute atomic E-state index is 12.2. The molecule has 1 aliphatic rings. The van der Waals surface area contributed by atoms with Crippen LogP contribution in [0.3, 0.4) is 0 Å². The predicted molar refractivity (Wildman–Crippen MR) is 98.4 cm³/mol. The van der Waals surface area contributed by atoms with E-state index in [-0.39, 0.29) is 12.7 Å². The van der Waals surface area contributed by atoms with E-state index in [4.69, 9.17) is 14.2 Å². The largest absolute Gasteiger partial charge is 0.454 e. The van der Waals surface area contributed by atoms with Crippen molar-refractivity contribution in [3.63, 3.8) is 0 Å². The summed E-state index contributed by atoms with van der Waals surface area (Å²) in [6.45, 7) is 2.05. The number of ether oxygens (including phenoxy) is 3. The average Bonchev–Trinajstić information content (AvgIpc) is 3.07. The van der Waals surface area contributed by atoms with Crippen molar-refractivity contribution in [2.45, 2.75) is 19.6 Å². The van der Waals surface area contributed by atoms with Gasteiger partial charge in [-0.05, 0) is 59.3 Å².